The zero-order chi connectivity index (χ0) is 19.6. The molecule has 1 fully saturated rings. The van der Waals surface area contributed by atoms with Gasteiger partial charge in [-0.3, -0.25) is 4.79 Å². The first-order chi connectivity index (χ1) is 13.6. The van der Waals surface area contributed by atoms with E-state index < -0.39 is 0 Å². The highest BCUT2D eigenvalue weighted by molar-refractivity contribution is 7.96. The number of thiol groups is 1. The standard InChI is InChI=1S/C20H20ClN5OS/c21-17-8-6-15(7-9-17)14-26-23-18(22-24-26)20(16-4-2-1-3-5-16)10-12-25(13-11-20)19(27)28/h1-9H,10-14H2,(H,27,28). The summed E-state index contributed by atoms with van der Waals surface area (Å²) in [5.74, 6) is 0.693. The van der Waals surface area contributed by atoms with Crippen molar-refractivity contribution in [2.24, 2.45) is 0 Å². The van der Waals surface area contributed by atoms with Crippen LogP contribution in [0.4, 0.5) is 4.79 Å². The Morgan fingerprint density at radius 1 is 1.07 bits per heavy atom. The summed E-state index contributed by atoms with van der Waals surface area (Å²) in [6.07, 6.45) is 1.46. The molecule has 0 unspecified atom stereocenters. The van der Waals surface area contributed by atoms with Crippen LogP contribution in [-0.2, 0) is 12.0 Å². The summed E-state index contributed by atoms with van der Waals surface area (Å²) >= 11 is 9.93. The van der Waals surface area contributed by atoms with Crippen LogP contribution in [0, 0.1) is 0 Å². The van der Waals surface area contributed by atoms with Gasteiger partial charge in [-0.05, 0) is 41.3 Å². The zero-order valence-corrected chi connectivity index (χ0v) is 16.9. The summed E-state index contributed by atoms with van der Waals surface area (Å²) in [4.78, 5) is 15.0. The largest absolute Gasteiger partial charge is 0.334 e. The Hall–Kier alpha value is -2.38. The Morgan fingerprint density at radius 2 is 1.75 bits per heavy atom. The maximum absolute atomic E-state index is 11.6. The van der Waals surface area contributed by atoms with Crippen LogP contribution in [0.1, 0.15) is 29.8 Å². The molecule has 8 heteroatoms. The molecule has 1 saturated heterocycles. The Bertz CT molecular complexity index is 952. The SMILES string of the molecule is O=C(S)N1CCC(c2ccccc2)(c2nnn(Cc3ccc(Cl)cc3)n2)CC1. The molecule has 1 aliphatic heterocycles. The number of likely N-dealkylation sites (tertiary alicyclic amines) is 1. The maximum Gasteiger partial charge on any atom is 0.278 e. The van der Waals surface area contributed by atoms with Crippen LogP contribution in [0.5, 0.6) is 0 Å². The third-order valence-corrected chi connectivity index (χ3v) is 5.87. The minimum atomic E-state index is -0.362. The van der Waals surface area contributed by atoms with Gasteiger partial charge in [0.1, 0.15) is 0 Å². The molecule has 1 amide bonds. The van der Waals surface area contributed by atoms with Gasteiger partial charge in [0.2, 0.25) is 0 Å². The molecule has 3 aromatic rings. The maximum atomic E-state index is 11.6. The molecule has 0 spiro atoms. The summed E-state index contributed by atoms with van der Waals surface area (Å²) in [6.45, 7) is 1.75. The average molecular weight is 414 g/mol. The van der Waals surface area contributed by atoms with E-state index in [0.717, 1.165) is 24.0 Å². The summed E-state index contributed by atoms with van der Waals surface area (Å²) in [6, 6.07) is 17.8. The molecule has 4 rings (SSSR count). The van der Waals surface area contributed by atoms with Crippen LogP contribution in [0.15, 0.2) is 54.6 Å². The molecule has 28 heavy (non-hydrogen) atoms. The monoisotopic (exact) mass is 413 g/mol. The fraction of sp³-hybridized carbons (Fsp3) is 0.300. The predicted octanol–water partition coefficient (Wildman–Crippen LogP) is 3.81. The first-order valence-corrected chi connectivity index (χ1v) is 9.95. The zero-order valence-electron chi connectivity index (χ0n) is 15.2. The van der Waals surface area contributed by atoms with E-state index in [2.05, 4.69) is 35.1 Å². The smallest absolute Gasteiger partial charge is 0.278 e. The van der Waals surface area contributed by atoms with E-state index in [4.69, 9.17) is 16.7 Å². The van der Waals surface area contributed by atoms with Gasteiger partial charge >= 0.3 is 0 Å². The van der Waals surface area contributed by atoms with Gasteiger partial charge in [0.05, 0.1) is 12.0 Å². The minimum Gasteiger partial charge on any atom is -0.334 e. The molecular formula is C20H20ClN5OS. The normalized spacial score (nSPS) is 16.1. The molecule has 2 aromatic carbocycles. The lowest BCUT2D eigenvalue weighted by atomic mass is 9.72. The average Bonchev–Trinajstić information content (AvgIpc) is 3.19. The van der Waals surface area contributed by atoms with E-state index in [1.54, 1.807) is 9.70 Å². The summed E-state index contributed by atoms with van der Waals surface area (Å²) in [5.41, 5.74) is 1.84. The summed E-state index contributed by atoms with van der Waals surface area (Å²) < 4.78 is 0. The van der Waals surface area contributed by atoms with Gasteiger partial charge in [0.25, 0.3) is 5.24 Å². The quantitative estimate of drug-likeness (QED) is 0.660. The lowest BCUT2D eigenvalue weighted by Gasteiger charge is -2.39. The van der Waals surface area contributed by atoms with Crippen molar-refractivity contribution in [3.8, 4) is 0 Å². The number of hydrogen-bond donors (Lipinski definition) is 1. The Kier molecular flexibility index (Phi) is 5.37. The Morgan fingerprint density at radius 3 is 2.39 bits per heavy atom. The number of amides is 1. The number of halogens is 1. The summed E-state index contributed by atoms with van der Waals surface area (Å²) in [5, 5.41) is 13.9. The molecule has 144 valence electrons. The van der Waals surface area contributed by atoms with Crippen molar-refractivity contribution in [2.45, 2.75) is 24.8 Å². The van der Waals surface area contributed by atoms with Crippen LogP contribution >= 0.6 is 24.2 Å². The highest BCUT2D eigenvalue weighted by Gasteiger charge is 2.42. The van der Waals surface area contributed by atoms with E-state index in [-0.39, 0.29) is 10.7 Å². The van der Waals surface area contributed by atoms with Crippen molar-refractivity contribution in [3.05, 3.63) is 76.6 Å². The van der Waals surface area contributed by atoms with E-state index >= 15 is 0 Å². The molecule has 0 atom stereocenters. The minimum absolute atomic E-state index is 0.194. The number of aromatic nitrogens is 4. The lowest BCUT2D eigenvalue weighted by molar-refractivity contribution is 0.187. The van der Waals surface area contributed by atoms with Crippen LogP contribution in [0.25, 0.3) is 0 Å². The van der Waals surface area contributed by atoms with Crippen LogP contribution in [0.2, 0.25) is 5.02 Å². The number of carbonyl (C=O) groups is 1. The van der Waals surface area contributed by atoms with E-state index in [0.29, 0.717) is 30.5 Å². The first-order valence-electron chi connectivity index (χ1n) is 9.13. The number of benzene rings is 2. The van der Waals surface area contributed by atoms with Crippen molar-refractivity contribution >= 4 is 29.5 Å². The molecular weight excluding hydrogens is 394 g/mol. The molecule has 0 bridgehead atoms. The molecule has 0 radical (unpaired) electrons. The van der Waals surface area contributed by atoms with Gasteiger partial charge in [-0.1, -0.05) is 66.7 Å². The fourth-order valence-corrected chi connectivity index (χ4v) is 4.06. The number of hydrogen-bond acceptors (Lipinski definition) is 4. The van der Waals surface area contributed by atoms with Crippen LogP contribution in [0.3, 0.4) is 0 Å². The lowest BCUT2D eigenvalue weighted by Crippen LogP contribution is -2.44. The third kappa shape index (κ3) is 3.77. The molecule has 1 aliphatic rings. The molecule has 0 N–H and O–H groups in total. The van der Waals surface area contributed by atoms with E-state index in [1.165, 1.54) is 0 Å². The number of tetrazole rings is 1. The van der Waals surface area contributed by atoms with E-state index in [9.17, 15) is 4.79 Å². The highest BCUT2D eigenvalue weighted by Crippen LogP contribution is 2.40. The van der Waals surface area contributed by atoms with Crippen molar-refractivity contribution in [1.82, 2.24) is 25.1 Å². The Labute approximate surface area is 173 Å². The van der Waals surface area contributed by atoms with Crippen molar-refractivity contribution in [3.63, 3.8) is 0 Å². The van der Waals surface area contributed by atoms with Gasteiger partial charge in [0.15, 0.2) is 5.82 Å². The van der Waals surface area contributed by atoms with Crippen molar-refractivity contribution < 1.29 is 4.79 Å². The molecule has 0 saturated carbocycles. The molecule has 6 nitrogen and oxygen atoms in total. The molecule has 2 heterocycles. The number of rotatable bonds is 4. The van der Waals surface area contributed by atoms with Gasteiger partial charge < -0.3 is 4.90 Å². The second kappa shape index (κ2) is 7.93. The topological polar surface area (TPSA) is 63.9 Å². The molecule has 1 aromatic heterocycles. The highest BCUT2D eigenvalue weighted by atomic mass is 35.5. The van der Waals surface area contributed by atoms with Gasteiger partial charge in [-0.15, -0.1) is 10.2 Å². The predicted molar refractivity (Wildman–Crippen MR) is 111 cm³/mol. The first kappa shape index (κ1) is 19.0. The number of carbonyl (C=O) groups excluding carboxylic acids is 1. The third-order valence-electron chi connectivity index (χ3n) is 5.33. The van der Waals surface area contributed by atoms with Crippen molar-refractivity contribution in [1.29, 1.82) is 0 Å². The molecule has 0 aliphatic carbocycles. The van der Waals surface area contributed by atoms with Gasteiger partial charge in [-0.25, -0.2) is 0 Å². The van der Waals surface area contributed by atoms with Crippen molar-refractivity contribution in [2.75, 3.05) is 13.1 Å². The van der Waals surface area contributed by atoms with Gasteiger partial charge in [0, 0.05) is 18.1 Å². The van der Waals surface area contributed by atoms with Crippen LogP contribution < -0.4 is 0 Å². The second-order valence-electron chi connectivity index (χ2n) is 6.99. The number of nitrogens with zero attached hydrogens (tertiary/aromatic N) is 5. The van der Waals surface area contributed by atoms with Crippen LogP contribution in [-0.4, -0.2) is 43.4 Å². The Balaban J connectivity index is 1.63. The summed E-state index contributed by atoms with van der Waals surface area (Å²) in [7, 11) is 0. The number of piperidine rings is 1. The second-order valence-corrected chi connectivity index (χ2v) is 7.81. The van der Waals surface area contributed by atoms with Gasteiger partial charge in [-0.2, -0.15) is 4.80 Å². The van der Waals surface area contributed by atoms with E-state index in [1.807, 2.05) is 42.5 Å². The fourth-order valence-electron chi connectivity index (χ4n) is 3.73.